The van der Waals surface area contributed by atoms with Crippen molar-refractivity contribution in [1.82, 2.24) is 15.1 Å². The van der Waals surface area contributed by atoms with E-state index in [0.717, 1.165) is 30.4 Å². The first kappa shape index (κ1) is 15.3. The summed E-state index contributed by atoms with van der Waals surface area (Å²) in [5.74, 6) is 0. The van der Waals surface area contributed by atoms with Gasteiger partial charge in [0.2, 0.25) is 0 Å². The van der Waals surface area contributed by atoms with Crippen molar-refractivity contribution in [2.45, 2.75) is 39.3 Å². The van der Waals surface area contributed by atoms with Crippen molar-refractivity contribution < 1.29 is 0 Å². The zero-order valence-corrected chi connectivity index (χ0v) is 13.7. The molecule has 0 amide bonds. The van der Waals surface area contributed by atoms with Gasteiger partial charge in [0.05, 0.1) is 12.7 Å². The average Bonchev–Trinajstić information content (AvgIpc) is 2.91. The van der Waals surface area contributed by atoms with Crippen molar-refractivity contribution in [3.63, 3.8) is 0 Å². The molecule has 4 heteroatoms. The number of halogens is 1. The zero-order chi connectivity index (χ0) is 14.4. The molecule has 1 unspecified atom stereocenters. The van der Waals surface area contributed by atoms with Gasteiger partial charge in [0.15, 0.2) is 0 Å². The van der Waals surface area contributed by atoms with Crippen LogP contribution in [0.5, 0.6) is 0 Å². The van der Waals surface area contributed by atoms with Gasteiger partial charge in [0.1, 0.15) is 0 Å². The Bertz CT molecular complexity index is 536. The Morgan fingerprint density at radius 2 is 2.10 bits per heavy atom. The summed E-state index contributed by atoms with van der Waals surface area (Å²) in [5, 5.41) is 8.05. The van der Waals surface area contributed by atoms with Crippen LogP contribution in [0.25, 0.3) is 0 Å². The summed E-state index contributed by atoms with van der Waals surface area (Å²) in [6, 6.07) is 8.68. The monoisotopic (exact) mass is 335 g/mol. The lowest BCUT2D eigenvalue weighted by Crippen LogP contribution is -2.21. The molecule has 2 aromatic rings. The highest BCUT2D eigenvalue weighted by Gasteiger charge is 2.11. The summed E-state index contributed by atoms with van der Waals surface area (Å²) < 4.78 is 3.14. The Balaban J connectivity index is 2.06. The van der Waals surface area contributed by atoms with Crippen LogP contribution in [0.3, 0.4) is 0 Å². The first-order valence-corrected chi connectivity index (χ1v) is 8.03. The van der Waals surface area contributed by atoms with Crippen LogP contribution in [0.1, 0.15) is 43.9 Å². The van der Waals surface area contributed by atoms with E-state index in [0.29, 0.717) is 6.04 Å². The summed E-state index contributed by atoms with van der Waals surface area (Å²) in [6.45, 7) is 6.24. The molecular formula is C16H22BrN3. The molecule has 0 spiro atoms. The average molecular weight is 336 g/mol. The fourth-order valence-corrected chi connectivity index (χ4v) is 2.67. The predicted octanol–water partition coefficient (Wildman–Crippen LogP) is 4.14. The molecule has 0 fully saturated rings. The van der Waals surface area contributed by atoms with Crippen LogP contribution < -0.4 is 5.32 Å². The predicted molar refractivity (Wildman–Crippen MR) is 86.8 cm³/mol. The lowest BCUT2D eigenvalue weighted by atomic mass is 10.1. The van der Waals surface area contributed by atoms with Crippen molar-refractivity contribution in [3.05, 3.63) is 52.3 Å². The van der Waals surface area contributed by atoms with E-state index in [9.17, 15) is 0 Å². The summed E-state index contributed by atoms with van der Waals surface area (Å²) in [4.78, 5) is 0. The third kappa shape index (κ3) is 3.93. The van der Waals surface area contributed by atoms with Gasteiger partial charge in [0, 0.05) is 22.3 Å². The highest BCUT2D eigenvalue weighted by molar-refractivity contribution is 9.10. The minimum Gasteiger partial charge on any atom is -0.310 e. The van der Waals surface area contributed by atoms with Crippen LogP contribution in [0, 0.1) is 0 Å². The van der Waals surface area contributed by atoms with E-state index < -0.39 is 0 Å². The summed E-state index contributed by atoms with van der Waals surface area (Å²) >= 11 is 3.58. The molecule has 1 heterocycles. The number of nitrogens with zero attached hydrogens (tertiary/aromatic N) is 2. The Hall–Kier alpha value is -1.13. The van der Waals surface area contributed by atoms with Gasteiger partial charge < -0.3 is 5.32 Å². The topological polar surface area (TPSA) is 29.9 Å². The maximum Gasteiger partial charge on any atom is 0.0670 e. The maximum atomic E-state index is 4.49. The highest BCUT2D eigenvalue weighted by Crippen LogP contribution is 2.19. The fraction of sp³-hybridized carbons (Fsp3) is 0.438. The van der Waals surface area contributed by atoms with E-state index in [-0.39, 0.29) is 0 Å². The van der Waals surface area contributed by atoms with E-state index >= 15 is 0 Å². The van der Waals surface area contributed by atoms with Crippen molar-refractivity contribution in [1.29, 1.82) is 0 Å². The summed E-state index contributed by atoms with van der Waals surface area (Å²) in [7, 11) is 0. The molecule has 1 aromatic heterocycles. The van der Waals surface area contributed by atoms with Crippen LogP contribution in [0.4, 0.5) is 0 Å². The smallest absolute Gasteiger partial charge is 0.0670 e. The molecule has 1 N–H and O–H groups in total. The molecule has 3 nitrogen and oxygen atoms in total. The molecule has 2 rings (SSSR count). The van der Waals surface area contributed by atoms with Gasteiger partial charge >= 0.3 is 0 Å². The number of nitrogens with one attached hydrogen (secondary N) is 1. The number of aromatic nitrogens is 2. The van der Waals surface area contributed by atoms with Gasteiger partial charge in [-0.25, -0.2) is 0 Å². The van der Waals surface area contributed by atoms with Gasteiger partial charge in [-0.15, -0.1) is 0 Å². The van der Waals surface area contributed by atoms with Crippen molar-refractivity contribution in [2.24, 2.45) is 0 Å². The van der Waals surface area contributed by atoms with E-state index in [1.165, 1.54) is 11.1 Å². The van der Waals surface area contributed by atoms with Gasteiger partial charge in [-0.05, 0) is 31.0 Å². The molecule has 108 valence electrons. The van der Waals surface area contributed by atoms with E-state index in [4.69, 9.17) is 0 Å². The van der Waals surface area contributed by atoms with Crippen LogP contribution >= 0.6 is 15.9 Å². The second-order valence-corrected chi connectivity index (χ2v) is 5.83. The minimum absolute atomic E-state index is 0.405. The fourth-order valence-electron chi connectivity index (χ4n) is 2.26. The van der Waals surface area contributed by atoms with Gasteiger partial charge in [-0.3, -0.25) is 4.68 Å². The van der Waals surface area contributed by atoms with E-state index in [1.54, 1.807) is 0 Å². The lowest BCUT2D eigenvalue weighted by Gasteiger charge is -2.14. The largest absolute Gasteiger partial charge is 0.310 e. The first-order valence-electron chi connectivity index (χ1n) is 7.23. The second-order valence-electron chi connectivity index (χ2n) is 4.98. The molecule has 0 aliphatic carbocycles. The SMILES string of the molecule is CCCNC(CC)c1cnn(Cc2ccccc2Br)c1. The lowest BCUT2D eigenvalue weighted by molar-refractivity contribution is 0.517. The van der Waals surface area contributed by atoms with Crippen LogP contribution in [-0.4, -0.2) is 16.3 Å². The van der Waals surface area contributed by atoms with Gasteiger partial charge in [-0.1, -0.05) is 48.0 Å². The Kier molecular flexibility index (Phi) is 5.80. The molecule has 0 saturated heterocycles. The normalized spacial score (nSPS) is 12.6. The third-order valence-electron chi connectivity index (χ3n) is 3.39. The number of benzene rings is 1. The maximum absolute atomic E-state index is 4.49. The van der Waals surface area contributed by atoms with E-state index in [1.807, 2.05) is 16.9 Å². The molecule has 0 saturated carbocycles. The molecular weight excluding hydrogens is 314 g/mol. The zero-order valence-electron chi connectivity index (χ0n) is 12.1. The summed E-state index contributed by atoms with van der Waals surface area (Å²) in [5.41, 5.74) is 2.52. The summed E-state index contributed by atoms with van der Waals surface area (Å²) in [6.07, 6.45) is 6.37. The first-order chi connectivity index (χ1) is 9.74. The van der Waals surface area contributed by atoms with Gasteiger partial charge in [0.25, 0.3) is 0 Å². The Labute approximate surface area is 129 Å². The number of rotatable bonds is 7. The molecule has 20 heavy (non-hydrogen) atoms. The van der Waals surface area contributed by atoms with Crippen LogP contribution in [0.2, 0.25) is 0 Å². The Morgan fingerprint density at radius 1 is 1.30 bits per heavy atom. The molecule has 0 aliphatic rings. The molecule has 1 atom stereocenters. The van der Waals surface area contributed by atoms with Crippen molar-refractivity contribution in [2.75, 3.05) is 6.54 Å². The second kappa shape index (κ2) is 7.60. The van der Waals surface area contributed by atoms with Crippen LogP contribution in [0.15, 0.2) is 41.1 Å². The minimum atomic E-state index is 0.405. The molecule has 1 aromatic carbocycles. The van der Waals surface area contributed by atoms with E-state index in [2.05, 4.69) is 64.6 Å². The quantitative estimate of drug-likeness (QED) is 0.823. The van der Waals surface area contributed by atoms with Crippen molar-refractivity contribution in [3.8, 4) is 0 Å². The highest BCUT2D eigenvalue weighted by atomic mass is 79.9. The Morgan fingerprint density at radius 3 is 2.80 bits per heavy atom. The van der Waals surface area contributed by atoms with Crippen LogP contribution in [-0.2, 0) is 6.54 Å². The molecule has 0 aliphatic heterocycles. The standard InChI is InChI=1S/C16H22BrN3/c1-3-9-18-16(4-2)14-10-19-20(12-14)11-13-7-5-6-8-15(13)17/h5-8,10,12,16,18H,3-4,9,11H2,1-2H3. The van der Waals surface area contributed by atoms with Crippen molar-refractivity contribution >= 4 is 15.9 Å². The molecule has 0 radical (unpaired) electrons. The third-order valence-corrected chi connectivity index (χ3v) is 4.17. The number of hydrogen-bond acceptors (Lipinski definition) is 2. The van der Waals surface area contributed by atoms with Gasteiger partial charge in [-0.2, -0.15) is 5.10 Å². The molecule has 0 bridgehead atoms. The number of hydrogen-bond donors (Lipinski definition) is 1.